The maximum atomic E-state index is 6.22. The summed E-state index contributed by atoms with van der Waals surface area (Å²) in [5, 5.41) is 0. The van der Waals surface area contributed by atoms with E-state index in [0.717, 1.165) is 18.9 Å². The molecule has 2 unspecified atom stereocenters. The van der Waals surface area contributed by atoms with E-state index in [1.807, 2.05) is 0 Å². The number of nitrogens with two attached hydrogens (primary N) is 1. The van der Waals surface area contributed by atoms with Gasteiger partial charge in [0.2, 0.25) is 0 Å². The fourth-order valence-electron chi connectivity index (χ4n) is 3.15. The molecule has 1 fully saturated rings. The zero-order chi connectivity index (χ0) is 13.5. The van der Waals surface area contributed by atoms with Crippen LogP contribution in [-0.2, 0) is 17.8 Å². The van der Waals surface area contributed by atoms with Crippen molar-refractivity contribution in [3.8, 4) is 0 Å². The lowest BCUT2D eigenvalue weighted by molar-refractivity contribution is -0.0224. The van der Waals surface area contributed by atoms with Crippen molar-refractivity contribution < 1.29 is 4.74 Å². The Morgan fingerprint density at radius 2 is 1.89 bits per heavy atom. The lowest BCUT2D eigenvalue weighted by atomic mass is 9.85. The van der Waals surface area contributed by atoms with Crippen LogP contribution in [0.3, 0.4) is 0 Å². The topological polar surface area (TPSA) is 35.2 Å². The number of benzene rings is 1. The van der Waals surface area contributed by atoms with E-state index in [4.69, 9.17) is 10.5 Å². The molecule has 0 saturated heterocycles. The van der Waals surface area contributed by atoms with Crippen molar-refractivity contribution in [1.29, 1.82) is 0 Å². The lowest BCUT2D eigenvalue weighted by Crippen LogP contribution is -2.27. The van der Waals surface area contributed by atoms with Crippen LogP contribution in [-0.4, -0.2) is 12.6 Å². The van der Waals surface area contributed by atoms with E-state index >= 15 is 0 Å². The molecule has 0 aliphatic heterocycles. The van der Waals surface area contributed by atoms with Crippen molar-refractivity contribution in [2.24, 2.45) is 11.7 Å². The fraction of sp³-hybridized carbons (Fsp3) is 0.647. The van der Waals surface area contributed by atoms with Crippen LogP contribution < -0.4 is 5.73 Å². The van der Waals surface area contributed by atoms with Gasteiger partial charge in [-0.25, -0.2) is 0 Å². The van der Waals surface area contributed by atoms with Gasteiger partial charge in [0.1, 0.15) is 0 Å². The minimum absolute atomic E-state index is 0.463. The molecule has 0 aromatic heterocycles. The Morgan fingerprint density at radius 3 is 2.63 bits per heavy atom. The van der Waals surface area contributed by atoms with Crippen LogP contribution in [0.5, 0.6) is 0 Å². The van der Waals surface area contributed by atoms with Gasteiger partial charge in [-0.05, 0) is 42.9 Å². The van der Waals surface area contributed by atoms with Gasteiger partial charge in [-0.3, -0.25) is 0 Å². The van der Waals surface area contributed by atoms with E-state index in [1.54, 1.807) is 0 Å². The summed E-state index contributed by atoms with van der Waals surface area (Å²) in [5.41, 5.74) is 8.33. The van der Waals surface area contributed by atoms with Gasteiger partial charge in [-0.15, -0.1) is 0 Å². The van der Waals surface area contributed by atoms with Gasteiger partial charge in [0.15, 0.2) is 0 Å². The highest BCUT2D eigenvalue weighted by Gasteiger charge is 2.24. The summed E-state index contributed by atoms with van der Waals surface area (Å²) < 4.78 is 6.22. The molecule has 0 radical (unpaired) electrons. The molecule has 1 aliphatic carbocycles. The van der Waals surface area contributed by atoms with Crippen molar-refractivity contribution in [3.63, 3.8) is 0 Å². The molecular weight excluding hydrogens is 234 g/mol. The normalized spacial score (nSPS) is 23.5. The SMILES string of the molecule is CCC1CCCCC1OCc1ccccc1CCN. The average molecular weight is 261 g/mol. The molecule has 1 aromatic carbocycles. The molecule has 0 spiro atoms. The van der Waals surface area contributed by atoms with E-state index in [2.05, 4.69) is 31.2 Å². The first-order valence-electron chi connectivity index (χ1n) is 7.73. The molecule has 1 aromatic rings. The number of ether oxygens (including phenoxy) is 1. The Balaban J connectivity index is 1.93. The third-order valence-corrected chi connectivity index (χ3v) is 4.35. The summed E-state index contributed by atoms with van der Waals surface area (Å²) >= 11 is 0. The molecule has 106 valence electrons. The minimum atomic E-state index is 0.463. The van der Waals surface area contributed by atoms with E-state index in [0.29, 0.717) is 12.6 Å². The summed E-state index contributed by atoms with van der Waals surface area (Å²) in [4.78, 5) is 0. The van der Waals surface area contributed by atoms with Crippen molar-refractivity contribution in [2.75, 3.05) is 6.54 Å². The van der Waals surface area contributed by atoms with Gasteiger partial charge in [-0.1, -0.05) is 50.5 Å². The Labute approximate surface area is 117 Å². The summed E-state index contributed by atoms with van der Waals surface area (Å²) in [7, 11) is 0. The van der Waals surface area contributed by atoms with Crippen molar-refractivity contribution in [1.82, 2.24) is 0 Å². The van der Waals surface area contributed by atoms with Crippen LogP contribution in [0.2, 0.25) is 0 Å². The second kappa shape index (κ2) is 7.66. The maximum Gasteiger partial charge on any atom is 0.0723 e. The summed E-state index contributed by atoms with van der Waals surface area (Å²) in [6.07, 6.45) is 7.93. The molecule has 2 N–H and O–H groups in total. The van der Waals surface area contributed by atoms with Crippen molar-refractivity contribution >= 4 is 0 Å². The molecule has 2 heteroatoms. The molecule has 1 saturated carbocycles. The fourth-order valence-corrected chi connectivity index (χ4v) is 3.15. The standard InChI is InChI=1S/C17H27NO/c1-2-14-7-5-6-10-17(14)19-13-16-9-4-3-8-15(16)11-12-18/h3-4,8-9,14,17H,2,5-7,10-13,18H2,1H3. The smallest absolute Gasteiger partial charge is 0.0723 e. The van der Waals surface area contributed by atoms with Gasteiger partial charge in [-0.2, -0.15) is 0 Å². The summed E-state index contributed by atoms with van der Waals surface area (Å²) in [6.45, 7) is 3.74. The van der Waals surface area contributed by atoms with Gasteiger partial charge < -0.3 is 10.5 Å². The maximum absolute atomic E-state index is 6.22. The highest BCUT2D eigenvalue weighted by atomic mass is 16.5. The highest BCUT2D eigenvalue weighted by molar-refractivity contribution is 5.26. The van der Waals surface area contributed by atoms with Gasteiger partial charge in [0.05, 0.1) is 12.7 Å². The molecule has 0 amide bonds. The molecule has 1 aliphatic rings. The van der Waals surface area contributed by atoms with Crippen LogP contribution in [0, 0.1) is 5.92 Å². The number of hydrogen-bond donors (Lipinski definition) is 1. The Kier molecular flexibility index (Phi) is 5.87. The van der Waals surface area contributed by atoms with Crippen LogP contribution >= 0.6 is 0 Å². The lowest BCUT2D eigenvalue weighted by Gasteiger charge is -2.31. The summed E-state index contributed by atoms with van der Waals surface area (Å²) in [5.74, 6) is 0.760. The Hall–Kier alpha value is -0.860. The predicted octanol–water partition coefficient (Wildman–Crippen LogP) is 3.67. The zero-order valence-electron chi connectivity index (χ0n) is 12.1. The van der Waals surface area contributed by atoms with Crippen LogP contribution in [0.15, 0.2) is 24.3 Å². The van der Waals surface area contributed by atoms with E-state index < -0.39 is 0 Å². The zero-order valence-corrected chi connectivity index (χ0v) is 12.1. The first kappa shape index (κ1) is 14.5. The molecule has 19 heavy (non-hydrogen) atoms. The monoisotopic (exact) mass is 261 g/mol. The Bertz CT molecular complexity index is 377. The van der Waals surface area contributed by atoms with Gasteiger partial charge >= 0.3 is 0 Å². The Morgan fingerprint density at radius 1 is 1.16 bits per heavy atom. The van der Waals surface area contributed by atoms with Crippen molar-refractivity contribution in [2.45, 2.75) is 58.2 Å². The molecule has 2 rings (SSSR count). The number of hydrogen-bond acceptors (Lipinski definition) is 2. The molecule has 0 bridgehead atoms. The number of rotatable bonds is 6. The van der Waals surface area contributed by atoms with E-state index in [1.165, 1.54) is 43.2 Å². The largest absolute Gasteiger partial charge is 0.373 e. The predicted molar refractivity (Wildman–Crippen MR) is 80.0 cm³/mol. The van der Waals surface area contributed by atoms with E-state index in [9.17, 15) is 0 Å². The van der Waals surface area contributed by atoms with Crippen LogP contribution in [0.1, 0.15) is 50.2 Å². The van der Waals surface area contributed by atoms with E-state index in [-0.39, 0.29) is 0 Å². The third-order valence-electron chi connectivity index (χ3n) is 4.35. The van der Waals surface area contributed by atoms with Crippen LogP contribution in [0.25, 0.3) is 0 Å². The molecule has 2 atom stereocenters. The quantitative estimate of drug-likeness (QED) is 0.848. The van der Waals surface area contributed by atoms with Crippen molar-refractivity contribution in [3.05, 3.63) is 35.4 Å². The van der Waals surface area contributed by atoms with Gasteiger partial charge in [0.25, 0.3) is 0 Å². The average Bonchev–Trinajstić information content (AvgIpc) is 2.47. The second-order valence-electron chi connectivity index (χ2n) is 5.61. The molecular formula is C17H27NO. The first-order chi connectivity index (χ1) is 9.35. The second-order valence-corrected chi connectivity index (χ2v) is 5.61. The highest BCUT2D eigenvalue weighted by Crippen LogP contribution is 2.30. The first-order valence-corrected chi connectivity index (χ1v) is 7.73. The summed E-state index contributed by atoms with van der Waals surface area (Å²) in [6, 6.07) is 8.53. The third kappa shape index (κ3) is 4.05. The molecule has 0 heterocycles. The minimum Gasteiger partial charge on any atom is -0.373 e. The molecule has 2 nitrogen and oxygen atoms in total. The van der Waals surface area contributed by atoms with Crippen LogP contribution in [0.4, 0.5) is 0 Å². The van der Waals surface area contributed by atoms with Gasteiger partial charge in [0, 0.05) is 0 Å².